The average Bonchev–Trinajstić information content (AvgIpc) is 2.51. The van der Waals surface area contributed by atoms with Crippen molar-refractivity contribution in [3.05, 3.63) is 48.5 Å². The van der Waals surface area contributed by atoms with Crippen LogP contribution in [0.5, 0.6) is 0 Å². The summed E-state index contributed by atoms with van der Waals surface area (Å²) in [5.41, 5.74) is 0. The largest absolute Gasteiger partial charge is 0.121 e. The first kappa shape index (κ1) is 16.7. The van der Waals surface area contributed by atoms with Crippen molar-refractivity contribution in [3.63, 3.8) is 0 Å². The fourth-order valence-electron chi connectivity index (χ4n) is 4.41. The molecule has 0 spiro atoms. The molecule has 1 aliphatic rings. The summed E-state index contributed by atoms with van der Waals surface area (Å²) in [6.45, 7) is 12.1. The van der Waals surface area contributed by atoms with Crippen LogP contribution in [-0.4, -0.2) is 16.9 Å². The van der Waals surface area contributed by atoms with Crippen LogP contribution in [0.3, 0.4) is 0 Å². The number of fused-ring (bicyclic) bond motifs is 2. The topological polar surface area (TPSA) is 0 Å². The van der Waals surface area contributed by atoms with Gasteiger partial charge in [-0.15, -0.1) is 0 Å². The van der Waals surface area contributed by atoms with Gasteiger partial charge < -0.3 is 0 Å². The lowest BCUT2D eigenvalue weighted by atomic mass is 10.3. The Balaban J connectivity index is 2.23. The Hall–Kier alpha value is -1.13. The minimum atomic E-state index is -1.61. The Morgan fingerprint density at radius 1 is 0.783 bits per heavy atom. The van der Waals surface area contributed by atoms with E-state index in [9.17, 15) is 0 Å². The van der Waals surface area contributed by atoms with E-state index in [1.807, 2.05) is 0 Å². The van der Waals surface area contributed by atoms with E-state index in [4.69, 9.17) is 0 Å². The second-order valence-corrected chi connectivity index (χ2v) is 14.7. The molecular weight excluding hydrogens is 308 g/mol. The molecule has 2 aromatic carbocycles. The summed E-state index contributed by atoms with van der Waals surface area (Å²) in [6, 6.07) is 21.6. The molecule has 1 radical (unpaired) electrons. The summed E-state index contributed by atoms with van der Waals surface area (Å²) < 4.78 is 0. The van der Waals surface area contributed by atoms with Gasteiger partial charge in [-0.1, -0.05) is 104 Å². The fourth-order valence-corrected chi connectivity index (χ4v) is 14.6. The van der Waals surface area contributed by atoms with Crippen molar-refractivity contribution in [2.24, 2.45) is 11.8 Å². The summed E-state index contributed by atoms with van der Waals surface area (Å²) in [6.07, 6.45) is 0. The lowest BCUT2D eigenvalue weighted by Crippen LogP contribution is -2.75. The Morgan fingerprint density at radius 3 is 1.70 bits per heavy atom. The molecule has 0 fully saturated rings. The van der Waals surface area contributed by atoms with Crippen LogP contribution >= 0.6 is 0 Å². The second kappa shape index (κ2) is 6.41. The minimum Gasteiger partial charge on any atom is -0.0630 e. The number of rotatable bonds is 4. The van der Waals surface area contributed by atoms with Gasteiger partial charge in [0.05, 0.1) is 0 Å². The van der Waals surface area contributed by atoms with Gasteiger partial charge in [-0.25, -0.2) is 0 Å². The van der Waals surface area contributed by atoms with Crippen molar-refractivity contribution in [3.8, 4) is 0 Å². The van der Waals surface area contributed by atoms with Crippen LogP contribution < -0.4 is 20.7 Å². The quantitative estimate of drug-likeness (QED) is 0.752. The molecule has 121 valence electrons. The molecule has 2 heteroatoms. The maximum Gasteiger partial charge on any atom is 0.121 e. The minimum absolute atomic E-state index is 0.632. The Labute approximate surface area is 144 Å². The molecule has 1 heterocycles. The van der Waals surface area contributed by atoms with Gasteiger partial charge in [-0.3, -0.25) is 0 Å². The summed E-state index contributed by atoms with van der Waals surface area (Å²) in [7, 11) is -2.24. The molecule has 0 nitrogen and oxygen atoms in total. The zero-order chi connectivity index (χ0) is 16.6. The highest BCUT2D eigenvalue weighted by Crippen LogP contribution is 2.20. The molecule has 0 aliphatic carbocycles. The molecule has 3 rings (SSSR count). The third kappa shape index (κ3) is 2.99. The zero-order valence-corrected chi connectivity index (χ0v) is 17.2. The maximum atomic E-state index is 2.61. The van der Waals surface area contributed by atoms with E-state index >= 15 is 0 Å². The molecule has 1 aliphatic heterocycles. The average molecular weight is 338 g/mol. The van der Waals surface area contributed by atoms with E-state index < -0.39 is 16.9 Å². The summed E-state index contributed by atoms with van der Waals surface area (Å²) in [4.78, 5) is 0. The fraction of sp³-hybridized carbons (Fsp3) is 0.429. The number of hydrogen-bond donors (Lipinski definition) is 0. The predicted molar refractivity (Wildman–Crippen MR) is 108 cm³/mol. The Bertz CT molecular complexity index is 640. The van der Waals surface area contributed by atoms with Crippen LogP contribution in [0.1, 0.15) is 27.7 Å². The van der Waals surface area contributed by atoms with E-state index in [0.717, 1.165) is 11.8 Å². The highest BCUT2D eigenvalue weighted by Gasteiger charge is 2.42. The number of hydrogen-bond acceptors (Lipinski definition) is 0. The third-order valence-corrected chi connectivity index (χ3v) is 13.9. The first-order chi connectivity index (χ1) is 10.9. The van der Waals surface area contributed by atoms with Gasteiger partial charge >= 0.3 is 0 Å². The Morgan fingerprint density at radius 2 is 1.26 bits per heavy atom. The normalized spacial score (nSPS) is 16.5. The van der Waals surface area contributed by atoms with Crippen LogP contribution in [0.2, 0.25) is 18.6 Å². The van der Waals surface area contributed by atoms with Crippen LogP contribution in [0.15, 0.2) is 48.5 Å². The predicted octanol–water partition coefficient (Wildman–Crippen LogP) is 3.11. The van der Waals surface area contributed by atoms with E-state index in [1.54, 1.807) is 20.7 Å². The zero-order valence-electron chi connectivity index (χ0n) is 15.2. The maximum absolute atomic E-state index is 2.61. The molecule has 23 heavy (non-hydrogen) atoms. The van der Waals surface area contributed by atoms with E-state index in [0.29, 0.717) is 0 Å². The van der Waals surface area contributed by atoms with Crippen LogP contribution in [0.4, 0.5) is 0 Å². The SMILES string of the molecule is CC(C)C[Si]1c2ccccc2[Si](C)(CC(C)C)c2ccccc21. The molecule has 0 saturated heterocycles. The van der Waals surface area contributed by atoms with Gasteiger partial charge in [0.25, 0.3) is 0 Å². The van der Waals surface area contributed by atoms with Gasteiger partial charge in [0.15, 0.2) is 0 Å². The molecular formula is C21H29Si2. The van der Waals surface area contributed by atoms with Crippen molar-refractivity contribution >= 4 is 37.6 Å². The van der Waals surface area contributed by atoms with Crippen molar-refractivity contribution in [2.45, 2.75) is 46.3 Å². The molecule has 2 aromatic rings. The molecule has 0 unspecified atom stereocenters. The van der Waals surface area contributed by atoms with Gasteiger partial charge in [-0.05, 0) is 23.9 Å². The van der Waals surface area contributed by atoms with E-state index in [1.165, 1.54) is 12.1 Å². The van der Waals surface area contributed by atoms with Crippen molar-refractivity contribution in [1.29, 1.82) is 0 Å². The standard InChI is InChI=1S/C21H29Si2/c1-16(2)14-22-18-10-6-8-12-20(18)23(5,15-17(3)4)21-13-9-7-11-19(21)22/h6-13,16-17H,14-15H2,1-5H3. The lowest BCUT2D eigenvalue weighted by molar-refractivity contribution is 0.724. The lowest BCUT2D eigenvalue weighted by Gasteiger charge is -2.41. The molecule has 0 bridgehead atoms. The summed E-state index contributed by atoms with van der Waals surface area (Å²) in [5, 5.41) is 6.92. The molecule has 0 saturated carbocycles. The van der Waals surface area contributed by atoms with Crippen molar-refractivity contribution < 1.29 is 0 Å². The number of benzene rings is 2. The monoisotopic (exact) mass is 337 g/mol. The Kier molecular flexibility index (Phi) is 4.66. The van der Waals surface area contributed by atoms with Crippen molar-refractivity contribution in [1.82, 2.24) is 0 Å². The van der Waals surface area contributed by atoms with Crippen LogP contribution in [-0.2, 0) is 0 Å². The highest BCUT2D eigenvalue weighted by atomic mass is 28.3. The summed E-state index contributed by atoms with van der Waals surface area (Å²) in [5.74, 6) is 1.52. The highest BCUT2D eigenvalue weighted by molar-refractivity contribution is 7.11. The molecule has 0 aromatic heterocycles. The third-order valence-electron chi connectivity index (χ3n) is 5.12. The van der Waals surface area contributed by atoms with Gasteiger partial charge in [0.2, 0.25) is 0 Å². The van der Waals surface area contributed by atoms with Gasteiger partial charge in [-0.2, -0.15) is 0 Å². The summed E-state index contributed by atoms with van der Waals surface area (Å²) >= 11 is 0. The first-order valence-electron chi connectivity index (χ1n) is 8.99. The van der Waals surface area contributed by atoms with E-state index in [-0.39, 0.29) is 0 Å². The van der Waals surface area contributed by atoms with Crippen LogP contribution in [0, 0.1) is 11.8 Å². The smallest absolute Gasteiger partial charge is 0.0630 e. The molecule has 0 amide bonds. The second-order valence-electron chi connectivity index (χ2n) is 8.10. The van der Waals surface area contributed by atoms with Crippen molar-refractivity contribution in [2.75, 3.05) is 0 Å². The molecule has 0 N–H and O–H groups in total. The van der Waals surface area contributed by atoms with E-state index in [2.05, 4.69) is 82.8 Å². The van der Waals surface area contributed by atoms with Gasteiger partial charge in [0.1, 0.15) is 16.9 Å². The van der Waals surface area contributed by atoms with Gasteiger partial charge in [0, 0.05) is 0 Å². The molecule has 0 atom stereocenters. The van der Waals surface area contributed by atoms with Crippen LogP contribution in [0.25, 0.3) is 0 Å². The first-order valence-corrected chi connectivity index (χ1v) is 13.4.